The van der Waals surface area contributed by atoms with Crippen molar-refractivity contribution < 1.29 is 4.84 Å². The van der Waals surface area contributed by atoms with Crippen molar-refractivity contribution in [2.24, 2.45) is 5.90 Å². The van der Waals surface area contributed by atoms with Gasteiger partial charge in [0.25, 0.3) is 0 Å². The summed E-state index contributed by atoms with van der Waals surface area (Å²) in [6.45, 7) is 2.54. The zero-order chi connectivity index (χ0) is 8.97. The molecule has 0 amide bonds. The van der Waals surface area contributed by atoms with E-state index in [1.54, 1.807) is 6.20 Å². The summed E-state index contributed by atoms with van der Waals surface area (Å²) in [5.41, 5.74) is 1.11. The Morgan fingerprint density at radius 2 is 2.50 bits per heavy atom. The lowest BCUT2D eigenvalue weighted by atomic mass is 10.1. The van der Waals surface area contributed by atoms with Gasteiger partial charge in [-0.15, -0.1) is 0 Å². The van der Waals surface area contributed by atoms with Gasteiger partial charge < -0.3 is 4.84 Å². The van der Waals surface area contributed by atoms with E-state index in [9.17, 15) is 0 Å². The first-order chi connectivity index (χ1) is 5.75. The molecule has 2 N–H and O–H groups in total. The van der Waals surface area contributed by atoms with Crippen LogP contribution in [-0.2, 0) is 4.84 Å². The molecule has 0 radical (unpaired) electrons. The molecule has 1 heterocycles. The van der Waals surface area contributed by atoms with Gasteiger partial charge in [0.2, 0.25) is 0 Å². The SMILES string of the molecule is CC(CON)c1cccnc1Br. The third kappa shape index (κ3) is 2.27. The third-order valence-electron chi connectivity index (χ3n) is 1.67. The lowest BCUT2D eigenvalue weighted by molar-refractivity contribution is 0.126. The molecule has 0 aliphatic carbocycles. The fourth-order valence-corrected chi connectivity index (χ4v) is 1.64. The van der Waals surface area contributed by atoms with E-state index in [1.165, 1.54) is 0 Å². The van der Waals surface area contributed by atoms with Crippen molar-refractivity contribution >= 4 is 15.9 Å². The highest BCUT2D eigenvalue weighted by atomic mass is 79.9. The van der Waals surface area contributed by atoms with Crippen molar-refractivity contribution in [2.45, 2.75) is 12.8 Å². The molecule has 1 atom stereocenters. The molecule has 0 spiro atoms. The van der Waals surface area contributed by atoms with Crippen molar-refractivity contribution in [2.75, 3.05) is 6.61 Å². The highest BCUT2D eigenvalue weighted by molar-refractivity contribution is 9.10. The second-order valence-electron chi connectivity index (χ2n) is 2.62. The number of rotatable bonds is 3. The molecular weight excluding hydrogens is 220 g/mol. The van der Waals surface area contributed by atoms with E-state index in [4.69, 9.17) is 5.90 Å². The molecule has 0 aromatic carbocycles. The maximum Gasteiger partial charge on any atom is 0.109 e. The van der Waals surface area contributed by atoms with E-state index < -0.39 is 0 Å². The largest absolute Gasteiger partial charge is 0.304 e. The Labute approximate surface area is 80.0 Å². The summed E-state index contributed by atoms with van der Waals surface area (Å²) < 4.78 is 0.856. The molecule has 0 bridgehead atoms. The molecule has 0 fully saturated rings. The molecule has 1 rings (SSSR count). The summed E-state index contributed by atoms with van der Waals surface area (Å²) in [6, 6.07) is 3.90. The van der Waals surface area contributed by atoms with E-state index in [1.807, 2.05) is 19.1 Å². The number of hydrogen-bond acceptors (Lipinski definition) is 3. The van der Waals surface area contributed by atoms with Crippen molar-refractivity contribution in [3.05, 3.63) is 28.5 Å². The Balaban J connectivity index is 2.79. The third-order valence-corrected chi connectivity index (χ3v) is 2.33. The van der Waals surface area contributed by atoms with E-state index in [0.717, 1.165) is 10.2 Å². The average molecular weight is 231 g/mol. The first-order valence-electron chi connectivity index (χ1n) is 3.67. The highest BCUT2D eigenvalue weighted by Gasteiger charge is 2.08. The van der Waals surface area contributed by atoms with Crippen LogP contribution >= 0.6 is 15.9 Å². The van der Waals surface area contributed by atoms with Gasteiger partial charge in [-0.1, -0.05) is 13.0 Å². The molecule has 0 saturated heterocycles. The summed E-state index contributed by atoms with van der Waals surface area (Å²) in [7, 11) is 0. The van der Waals surface area contributed by atoms with E-state index in [0.29, 0.717) is 6.61 Å². The summed E-state index contributed by atoms with van der Waals surface area (Å²) in [5.74, 6) is 5.24. The Bertz CT molecular complexity index is 255. The quantitative estimate of drug-likeness (QED) is 0.637. The Kier molecular flexibility index (Phi) is 3.65. The van der Waals surface area contributed by atoms with E-state index >= 15 is 0 Å². The molecule has 1 aromatic heterocycles. The van der Waals surface area contributed by atoms with Crippen LogP contribution in [0.25, 0.3) is 0 Å². The first-order valence-corrected chi connectivity index (χ1v) is 4.47. The normalized spacial score (nSPS) is 12.9. The van der Waals surface area contributed by atoms with Gasteiger partial charge in [0.1, 0.15) is 4.60 Å². The molecule has 12 heavy (non-hydrogen) atoms. The van der Waals surface area contributed by atoms with E-state index in [-0.39, 0.29) is 5.92 Å². The van der Waals surface area contributed by atoms with Crippen LogP contribution in [0.5, 0.6) is 0 Å². The number of pyridine rings is 1. The van der Waals surface area contributed by atoms with Crippen LogP contribution in [0.15, 0.2) is 22.9 Å². The lowest BCUT2D eigenvalue weighted by Gasteiger charge is -2.10. The zero-order valence-electron chi connectivity index (χ0n) is 6.83. The molecule has 1 aromatic rings. The zero-order valence-corrected chi connectivity index (χ0v) is 8.41. The molecule has 0 aliphatic heterocycles. The average Bonchev–Trinajstić information content (AvgIpc) is 2.05. The van der Waals surface area contributed by atoms with Crippen molar-refractivity contribution in [3.63, 3.8) is 0 Å². The first kappa shape index (κ1) is 9.64. The van der Waals surface area contributed by atoms with Crippen LogP contribution in [0.3, 0.4) is 0 Å². The number of aromatic nitrogens is 1. The number of nitrogens with zero attached hydrogens (tertiary/aromatic N) is 1. The van der Waals surface area contributed by atoms with Crippen molar-refractivity contribution in [3.8, 4) is 0 Å². The minimum atomic E-state index is 0.262. The maximum absolute atomic E-state index is 4.98. The fraction of sp³-hybridized carbons (Fsp3) is 0.375. The van der Waals surface area contributed by atoms with Crippen molar-refractivity contribution in [1.29, 1.82) is 0 Å². The predicted molar refractivity (Wildman–Crippen MR) is 50.5 cm³/mol. The van der Waals surface area contributed by atoms with Gasteiger partial charge in [-0.05, 0) is 27.6 Å². The molecular formula is C8H11BrN2O. The molecule has 66 valence electrons. The number of nitrogens with two attached hydrogens (primary N) is 1. The standard InChI is InChI=1S/C8H11BrN2O/c1-6(5-12-10)7-3-2-4-11-8(7)9/h2-4,6H,5,10H2,1H3. The van der Waals surface area contributed by atoms with Gasteiger partial charge >= 0.3 is 0 Å². The van der Waals surface area contributed by atoms with Crippen LogP contribution in [0.1, 0.15) is 18.4 Å². The van der Waals surface area contributed by atoms with Crippen LogP contribution < -0.4 is 5.90 Å². The van der Waals surface area contributed by atoms with Crippen LogP contribution in [-0.4, -0.2) is 11.6 Å². The topological polar surface area (TPSA) is 48.1 Å². The van der Waals surface area contributed by atoms with Crippen LogP contribution in [0.2, 0.25) is 0 Å². The maximum atomic E-state index is 4.98. The monoisotopic (exact) mass is 230 g/mol. The minimum absolute atomic E-state index is 0.262. The lowest BCUT2D eigenvalue weighted by Crippen LogP contribution is -2.09. The molecule has 3 nitrogen and oxygen atoms in total. The van der Waals surface area contributed by atoms with Gasteiger partial charge in [-0.2, -0.15) is 0 Å². The van der Waals surface area contributed by atoms with Crippen LogP contribution in [0, 0.1) is 0 Å². The molecule has 1 unspecified atom stereocenters. The number of hydrogen-bond donors (Lipinski definition) is 1. The van der Waals surface area contributed by atoms with Gasteiger partial charge in [0, 0.05) is 12.1 Å². The summed E-state index contributed by atoms with van der Waals surface area (Å²) in [6.07, 6.45) is 1.74. The summed E-state index contributed by atoms with van der Waals surface area (Å²) >= 11 is 3.36. The molecule has 0 aliphatic rings. The van der Waals surface area contributed by atoms with Gasteiger partial charge in [-0.3, -0.25) is 0 Å². The van der Waals surface area contributed by atoms with E-state index in [2.05, 4.69) is 25.8 Å². The van der Waals surface area contributed by atoms with Gasteiger partial charge in [-0.25, -0.2) is 10.9 Å². The highest BCUT2D eigenvalue weighted by Crippen LogP contribution is 2.21. The van der Waals surface area contributed by atoms with Gasteiger partial charge in [0.15, 0.2) is 0 Å². The fourth-order valence-electron chi connectivity index (χ4n) is 1.00. The molecule has 4 heteroatoms. The van der Waals surface area contributed by atoms with Crippen LogP contribution in [0.4, 0.5) is 0 Å². The second kappa shape index (κ2) is 4.54. The van der Waals surface area contributed by atoms with Crippen molar-refractivity contribution in [1.82, 2.24) is 4.98 Å². The predicted octanol–water partition coefficient (Wildman–Crippen LogP) is 1.84. The summed E-state index contributed by atoms with van der Waals surface area (Å²) in [5, 5.41) is 0. The smallest absolute Gasteiger partial charge is 0.109 e. The Hall–Kier alpha value is -0.450. The van der Waals surface area contributed by atoms with Gasteiger partial charge in [0.05, 0.1) is 6.61 Å². The summed E-state index contributed by atoms with van der Waals surface area (Å²) in [4.78, 5) is 8.67. The minimum Gasteiger partial charge on any atom is -0.304 e. The Morgan fingerprint density at radius 1 is 1.75 bits per heavy atom. The number of halogens is 1. The molecule has 0 saturated carbocycles. The second-order valence-corrected chi connectivity index (χ2v) is 3.37. The Morgan fingerprint density at radius 3 is 3.08 bits per heavy atom.